The van der Waals surface area contributed by atoms with Crippen molar-refractivity contribution in [3.8, 4) is 0 Å². The topological polar surface area (TPSA) is 29.3 Å². The van der Waals surface area contributed by atoms with Gasteiger partial charge >= 0.3 is 6.18 Å². The lowest BCUT2D eigenvalue weighted by Gasteiger charge is -2.27. The molecule has 1 aromatic carbocycles. The van der Waals surface area contributed by atoms with E-state index in [-0.39, 0.29) is 18.0 Å². The number of nitrogens with zero attached hydrogens (tertiary/aromatic N) is 1. The lowest BCUT2D eigenvalue weighted by atomic mass is 9.99. The van der Waals surface area contributed by atoms with Crippen molar-refractivity contribution in [2.75, 3.05) is 18.0 Å². The monoisotopic (exact) mass is 302 g/mol. The summed E-state index contributed by atoms with van der Waals surface area (Å²) in [4.78, 5) is 1.97. The molecule has 0 saturated heterocycles. The highest BCUT2D eigenvalue weighted by Gasteiger charge is 2.34. The molecule has 1 atom stereocenters. The maximum Gasteiger partial charge on any atom is 0.416 e. The fourth-order valence-electron chi connectivity index (χ4n) is 2.41. The number of hydrogen-bond donors (Lipinski definition) is 1. The highest BCUT2D eigenvalue weighted by molar-refractivity contribution is 5.52. The summed E-state index contributed by atoms with van der Waals surface area (Å²) in [5.41, 5.74) is 5.96. The maximum absolute atomic E-state index is 13.2. The molecular formula is C16H25F3N2. The van der Waals surface area contributed by atoms with E-state index in [0.717, 1.165) is 6.54 Å². The number of rotatable bonds is 6. The molecule has 21 heavy (non-hydrogen) atoms. The highest BCUT2D eigenvalue weighted by Crippen LogP contribution is 2.35. The molecule has 0 spiro atoms. The molecule has 1 aromatic rings. The van der Waals surface area contributed by atoms with Crippen LogP contribution in [-0.4, -0.2) is 19.1 Å². The van der Waals surface area contributed by atoms with E-state index in [1.807, 2.05) is 11.8 Å². The van der Waals surface area contributed by atoms with E-state index in [2.05, 4.69) is 13.8 Å². The number of alkyl halides is 3. The standard InChI is InChI=1S/C16H25F3N2/c1-5-21(10-11(2)3)14-7-6-13(8-12(4)20)15(9-14)16(17,18)19/h6-7,9,11-12H,5,8,10,20H2,1-4H3. The van der Waals surface area contributed by atoms with Crippen LogP contribution in [0.25, 0.3) is 0 Å². The van der Waals surface area contributed by atoms with Crippen LogP contribution >= 0.6 is 0 Å². The summed E-state index contributed by atoms with van der Waals surface area (Å²) >= 11 is 0. The second-order valence-corrected chi connectivity index (χ2v) is 5.95. The summed E-state index contributed by atoms with van der Waals surface area (Å²) in [5.74, 6) is 0.392. The number of hydrogen-bond acceptors (Lipinski definition) is 2. The minimum Gasteiger partial charge on any atom is -0.372 e. The molecule has 0 amide bonds. The third-order valence-corrected chi connectivity index (χ3v) is 3.27. The summed E-state index contributed by atoms with van der Waals surface area (Å²) in [5, 5.41) is 0. The van der Waals surface area contributed by atoms with Gasteiger partial charge in [0, 0.05) is 24.8 Å². The Bertz CT molecular complexity index is 453. The Kier molecular flexibility index (Phi) is 6.08. The zero-order valence-corrected chi connectivity index (χ0v) is 13.2. The smallest absolute Gasteiger partial charge is 0.372 e. The van der Waals surface area contributed by atoms with E-state index >= 15 is 0 Å². The van der Waals surface area contributed by atoms with E-state index in [4.69, 9.17) is 5.73 Å². The minimum absolute atomic E-state index is 0.228. The van der Waals surface area contributed by atoms with E-state index in [9.17, 15) is 13.2 Å². The van der Waals surface area contributed by atoms with Gasteiger partial charge < -0.3 is 10.6 Å². The van der Waals surface area contributed by atoms with E-state index in [0.29, 0.717) is 18.2 Å². The molecule has 2 N–H and O–H groups in total. The van der Waals surface area contributed by atoms with Crippen molar-refractivity contribution in [3.05, 3.63) is 29.3 Å². The average molecular weight is 302 g/mol. The second-order valence-electron chi connectivity index (χ2n) is 5.95. The molecule has 0 aliphatic carbocycles. The molecule has 2 nitrogen and oxygen atoms in total. The van der Waals surface area contributed by atoms with E-state index in [1.165, 1.54) is 6.07 Å². The van der Waals surface area contributed by atoms with E-state index < -0.39 is 11.7 Å². The van der Waals surface area contributed by atoms with Gasteiger partial charge in [0.05, 0.1) is 5.56 Å². The summed E-state index contributed by atoms with van der Waals surface area (Å²) in [6, 6.07) is 4.28. The van der Waals surface area contributed by atoms with Crippen molar-refractivity contribution in [2.45, 2.75) is 46.3 Å². The predicted molar refractivity (Wildman–Crippen MR) is 81.5 cm³/mol. The van der Waals surface area contributed by atoms with Crippen molar-refractivity contribution in [1.82, 2.24) is 0 Å². The molecule has 0 saturated carbocycles. The third-order valence-electron chi connectivity index (χ3n) is 3.27. The fourth-order valence-corrected chi connectivity index (χ4v) is 2.41. The van der Waals surface area contributed by atoms with Crippen LogP contribution in [0, 0.1) is 5.92 Å². The molecule has 0 radical (unpaired) electrons. The van der Waals surface area contributed by atoms with Gasteiger partial charge in [-0.1, -0.05) is 19.9 Å². The number of anilines is 1. The minimum atomic E-state index is -4.35. The van der Waals surface area contributed by atoms with Crippen molar-refractivity contribution in [1.29, 1.82) is 0 Å². The Balaban J connectivity index is 3.20. The van der Waals surface area contributed by atoms with Gasteiger partial charge in [0.1, 0.15) is 0 Å². The molecule has 120 valence electrons. The van der Waals surface area contributed by atoms with Gasteiger partial charge in [-0.15, -0.1) is 0 Å². The lowest BCUT2D eigenvalue weighted by Crippen LogP contribution is -2.28. The van der Waals surface area contributed by atoms with Crippen LogP contribution in [0.5, 0.6) is 0 Å². The SMILES string of the molecule is CCN(CC(C)C)c1ccc(CC(C)N)c(C(F)(F)F)c1. The molecule has 0 bridgehead atoms. The summed E-state index contributed by atoms with van der Waals surface area (Å²) < 4.78 is 39.7. The highest BCUT2D eigenvalue weighted by atomic mass is 19.4. The summed E-state index contributed by atoms with van der Waals surface area (Å²) in [6.45, 7) is 9.19. The molecule has 1 rings (SSSR count). The quantitative estimate of drug-likeness (QED) is 0.858. The van der Waals surface area contributed by atoms with Crippen LogP contribution in [0.4, 0.5) is 18.9 Å². The average Bonchev–Trinajstić information content (AvgIpc) is 2.34. The Morgan fingerprint density at radius 2 is 1.81 bits per heavy atom. The summed E-state index contributed by atoms with van der Waals surface area (Å²) in [7, 11) is 0. The van der Waals surface area contributed by atoms with Crippen LogP contribution < -0.4 is 10.6 Å². The lowest BCUT2D eigenvalue weighted by molar-refractivity contribution is -0.138. The first-order chi connectivity index (χ1) is 9.65. The van der Waals surface area contributed by atoms with Gasteiger partial charge in [-0.3, -0.25) is 0 Å². The fraction of sp³-hybridized carbons (Fsp3) is 0.625. The largest absolute Gasteiger partial charge is 0.416 e. The van der Waals surface area contributed by atoms with Gasteiger partial charge in [-0.05, 0) is 43.9 Å². The molecule has 0 aliphatic heterocycles. The predicted octanol–water partition coefficient (Wildman–Crippen LogP) is 4.08. The maximum atomic E-state index is 13.2. The Morgan fingerprint density at radius 3 is 2.24 bits per heavy atom. The number of halogens is 3. The van der Waals surface area contributed by atoms with Gasteiger partial charge in [0.15, 0.2) is 0 Å². The van der Waals surface area contributed by atoms with Crippen LogP contribution in [-0.2, 0) is 12.6 Å². The molecule has 0 fully saturated rings. The summed E-state index contributed by atoms with van der Waals surface area (Å²) in [6.07, 6.45) is -4.12. The molecule has 0 heterocycles. The zero-order chi connectivity index (χ0) is 16.2. The molecule has 0 aromatic heterocycles. The number of benzene rings is 1. The van der Waals surface area contributed by atoms with Crippen molar-refractivity contribution >= 4 is 5.69 Å². The zero-order valence-electron chi connectivity index (χ0n) is 13.2. The molecular weight excluding hydrogens is 277 g/mol. The molecule has 0 aliphatic rings. The van der Waals surface area contributed by atoms with E-state index in [1.54, 1.807) is 19.1 Å². The normalized spacial score (nSPS) is 13.6. The molecule has 1 unspecified atom stereocenters. The van der Waals surface area contributed by atoms with Crippen LogP contribution in [0.1, 0.15) is 38.8 Å². The number of nitrogens with two attached hydrogens (primary N) is 1. The van der Waals surface area contributed by atoms with Crippen LogP contribution in [0.15, 0.2) is 18.2 Å². The molecule has 5 heteroatoms. The van der Waals surface area contributed by atoms with Gasteiger partial charge in [-0.25, -0.2) is 0 Å². The first-order valence-corrected chi connectivity index (χ1v) is 7.35. The van der Waals surface area contributed by atoms with Crippen molar-refractivity contribution < 1.29 is 13.2 Å². The first-order valence-electron chi connectivity index (χ1n) is 7.35. The third kappa shape index (κ3) is 5.23. The Hall–Kier alpha value is -1.23. The van der Waals surface area contributed by atoms with Gasteiger partial charge in [0.25, 0.3) is 0 Å². The Morgan fingerprint density at radius 1 is 1.19 bits per heavy atom. The Labute approximate surface area is 125 Å². The first kappa shape index (κ1) is 17.8. The van der Waals surface area contributed by atoms with Crippen molar-refractivity contribution in [3.63, 3.8) is 0 Å². The van der Waals surface area contributed by atoms with Crippen LogP contribution in [0.2, 0.25) is 0 Å². The second kappa shape index (κ2) is 7.16. The van der Waals surface area contributed by atoms with Crippen LogP contribution in [0.3, 0.4) is 0 Å². The van der Waals surface area contributed by atoms with Gasteiger partial charge in [-0.2, -0.15) is 13.2 Å². The van der Waals surface area contributed by atoms with Crippen molar-refractivity contribution in [2.24, 2.45) is 11.7 Å². The van der Waals surface area contributed by atoms with Gasteiger partial charge in [0.2, 0.25) is 0 Å².